The molecule has 0 saturated heterocycles. The summed E-state index contributed by atoms with van der Waals surface area (Å²) in [5, 5.41) is 7.77. The maximum absolute atomic E-state index is 4.90. The van der Waals surface area contributed by atoms with Crippen LogP contribution in [0.3, 0.4) is 0 Å². The third-order valence-corrected chi connectivity index (χ3v) is 5.56. The number of aryl methyl sites for hydroxylation is 1. The molecular formula is C25H26N8. The maximum Gasteiger partial charge on any atom is 0.155 e. The number of imidazole rings is 1. The van der Waals surface area contributed by atoms with Crippen molar-refractivity contribution in [2.24, 2.45) is 0 Å². The molecule has 5 aromatic rings. The summed E-state index contributed by atoms with van der Waals surface area (Å²) in [7, 11) is 2.10. The van der Waals surface area contributed by atoms with Crippen LogP contribution in [0.25, 0.3) is 28.3 Å². The van der Waals surface area contributed by atoms with Gasteiger partial charge in [-0.05, 0) is 43.3 Å². The number of hydrogen-bond acceptors (Lipinski definition) is 6. The number of fused-ring (bicyclic) bond motifs is 1. The Kier molecular flexibility index (Phi) is 5.82. The predicted octanol–water partition coefficient (Wildman–Crippen LogP) is 3.72. The molecule has 33 heavy (non-hydrogen) atoms. The van der Waals surface area contributed by atoms with Crippen LogP contribution < -0.4 is 10.2 Å². The Bertz CT molecular complexity index is 1360. The van der Waals surface area contributed by atoms with E-state index in [1.165, 1.54) is 5.69 Å². The predicted molar refractivity (Wildman–Crippen MR) is 130 cm³/mol. The molecule has 0 fully saturated rings. The summed E-state index contributed by atoms with van der Waals surface area (Å²) in [6, 6.07) is 20.4. The van der Waals surface area contributed by atoms with Gasteiger partial charge in [-0.2, -0.15) is 5.10 Å². The number of nitrogens with zero attached hydrogens (tertiary/aromatic N) is 6. The van der Waals surface area contributed by atoms with Gasteiger partial charge in [-0.15, -0.1) is 0 Å². The van der Waals surface area contributed by atoms with Crippen LogP contribution in [0.5, 0.6) is 0 Å². The van der Waals surface area contributed by atoms with E-state index in [9.17, 15) is 0 Å². The van der Waals surface area contributed by atoms with E-state index < -0.39 is 0 Å². The molecule has 0 spiro atoms. The van der Waals surface area contributed by atoms with Crippen LogP contribution in [0.4, 0.5) is 5.69 Å². The van der Waals surface area contributed by atoms with Crippen molar-refractivity contribution in [2.75, 3.05) is 25.0 Å². The SMILES string of the molecule is Cc1cccc(-c2nc(CNCCN(C)c3ccccc3)[nH]c2-c2ccc3ncnn3c2)n1. The van der Waals surface area contributed by atoms with Gasteiger partial charge in [0.25, 0.3) is 0 Å². The topological polar surface area (TPSA) is 87.0 Å². The number of nitrogens with one attached hydrogen (secondary N) is 2. The lowest BCUT2D eigenvalue weighted by atomic mass is 10.1. The van der Waals surface area contributed by atoms with E-state index in [2.05, 4.69) is 56.6 Å². The second-order valence-corrected chi connectivity index (χ2v) is 7.99. The second kappa shape index (κ2) is 9.22. The van der Waals surface area contributed by atoms with Crippen molar-refractivity contribution in [1.29, 1.82) is 0 Å². The monoisotopic (exact) mass is 438 g/mol. The van der Waals surface area contributed by atoms with E-state index in [1.807, 2.05) is 49.5 Å². The third-order valence-electron chi connectivity index (χ3n) is 5.56. The molecule has 166 valence electrons. The molecule has 0 atom stereocenters. The zero-order valence-corrected chi connectivity index (χ0v) is 18.7. The molecule has 4 heterocycles. The first-order valence-corrected chi connectivity index (χ1v) is 11.0. The van der Waals surface area contributed by atoms with Gasteiger partial charge in [0.2, 0.25) is 0 Å². The van der Waals surface area contributed by atoms with Crippen LogP contribution in [0, 0.1) is 6.92 Å². The molecule has 8 nitrogen and oxygen atoms in total. The lowest BCUT2D eigenvalue weighted by Gasteiger charge is -2.19. The Hall–Kier alpha value is -4.04. The molecule has 0 amide bonds. The summed E-state index contributed by atoms with van der Waals surface area (Å²) in [6.07, 6.45) is 3.51. The summed E-state index contributed by atoms with van der Waals surface area (Å²) in [4.78, 5) is 19.6. The van der Waals surface area contributed by atoms with Crippen LogP contribution in [0.2, 0.25) is 0 Å². The molecule has 4 aromatic heterocycles. The van der Waals surface area contributed by atoms with Crippen LogP contribution in [-0.2, 0) is 6.54 Å². The molecule has 1 aromatic carbocycles. The van der Waals surface area contributed by atoms with Crippen molar-refractivity contribution >= 4 is 11.3 Å². The average Bonchev–Trinajstić information content (AvgIpc) is 3.49. The van der Waals surface area contributed by atoms with Crippen molar-refractivity contribution < 1.29 is 0 Å². The van der Waals surface area contributed by atoms with Gasteiger partial charge in [-0.25, -0.2) is 14.5 Å². The van der Waals surface area contributed by atoms with Gasteiger partial charge in [0.05, 0.1) is 17.9 Å². The molecule has 0 aliphatic carbocycles. The minimum atomic E-state index is 0.632. The molecule has 0 aliphatic rings. The van der Waals surface area contributed by atoms with Crippen molar-refractivity contribution in [3.63, 3.8) is 0 Å². The van der Waals surface area contributed by atoms with Gasteiger partial charge in [0, 0.05) is 43.3 Å². The number of aromatic nitrogens is 6. The van der Waals surface area contributed by atoms with E-state index in [4.69, 9.17) is 9.97 Å². The molecule has 0 radical (unpaired) electrons. The Balaban J connectivity index is 1.36. The minimum absolute atomic E-state index is 0.632. The summed E-state index contributed by atoms with van der Waals surface area (Å²) < 4.78 is 1.76. The van der Waals surface area contributed by atoms with Gasteiger partial charge < -0.3 is 15.2 Å². The number of hydrogen-bond donors (Lipinski definition) is 2. The number of pyridine rings is 2. The summed E-state index contributed by atoms with van der Waals surface area (Å²) in [5.74, 6) is 0.865. The van der Waals surface area contributed by atoms with Gasteiger partial charge in [-0.1, -0.05) is 24.3 Å². The van der Waals surface area contributed by atoms with E-state index >= 15 is 0 Å². The van der Waals surface area contributed by atoms with E-state index in [0.29, 0.717) is 6.54 Å². The smallest absolute Gasteiger partial charge is 0.155 e. The fourth-order valence-corrected chi connectivity index (χ4v) is 3.81. The van der Waals surface area contributed by atoms with Crippen LogP contribution in [-0.4, -0.2) is 49.7 Å². The Morgan fingerprint density at radius 2 is 1.88 bits per heavy atom. The van der Waals surface area contributed by atoms with Crippen LogP contribution in [0.15, 0.2) is 73.2 Å². The Labute approximate surface area is 192 Å². The van der Waals surface area contributed by atoms with Crippen molar-refractivity contribution in [2.45, 2.75) is 13.5 Å². The van der Waals surface area contributed by atoms with Crippen LogP contribution in [0.1, 0.15) is 11.5 Å². The number of aromatic amines is 1. The largest absolute Gasteiger partial charge is 0.373 e. The van der Waals surface area contributed by atoms with Gasteiger partial charge in [-0.3, -0.25) is 4.98 Å². The molecular weight excluding hydrogens is 412 g/mol. The van der Waals surface area contributed by atoms with E-state index in [-0.39, 0.29) is 0 Å². The third kappa shape index (κ3) is 4.61. The highest BCUT2D eigenvalue weighted by molar-refractivity contribution is 5.77. The Morgan fingerprint density at radius 3 is 2.73 bits per heavy atom. The maximum atomic E-state index is 4.90. The van der Waals surface area contributed by atoms with Crippen LogP contribution >= 0.6 is 0 Å². The number of rotatable bonds is 8. The fraction of sp³-hybridized carbons (Fsp3) is 0.200. The quantitative estimate of drug-likeness (QED) is 0.359. The molecule has 5 rings (SSSR count). The zero-order valence-electron chi connectivity index (χ0n) is 18.7. The fourth-order valence-electron chi connectivity index (χ4n) is 3.81. The molecule has 0 bridgehead atoms. The molecule has 0 aliphatic heterocycles. The lowest BCUT2D eigenvalue weighted by molar-refractivity contribution is 0.660. The highest BCUT2D eigenvalue weighted by Gasteiger charge is 2.16. The van der Waals surface area contributed by atoms with E-state index in [0.717, 1.165) is 52.9 Å². The minimum Gasteiger partial charge on any atom is -0.373 e. The molecule has 8 heteroatoms. The summed E-state index contributed by atoms with van der Waals surface area (Å²) in [6.45, 7) is 4.35. The van der Waals surface area contributed by atoms with Gasteiger partial charge in [0.1, 0.15) is 17.8 Å². The normalized spacial score (nSPS) is 11.2. The molecule has 0 unspecified atom stereocenters. The summed E-state index contributed by atoms with van der Waals surface area (Å²) in [5.41, 5.74) is 6.54. The van der Waals surface area contributed by atoms with Crippen molar-refractivity contribution in [1.82, 2.24) is 34.9 Å². The number of H-pyrrole nitrogens is 1. The standard InChI is InChI=1S/C25H26N8/c1-18-7-6-10-21(29-18)25-24(19-11-12-23-27-17-28-33(23)16-19)30-22(31-25)15-26-13-14-32(2)20-8-4-3-5-9-20/h3-12,16-17,26H,13-15H2,1-2H3,(H,30,31). The van der Waals surface area contributed by atoms with E-state index in [1.54, 1.807) is 10.8 Å². The number of anilines is 1. The summed E-state index contributed by atoms with van der Waals surface area (Å²) >= 11 is 0. The first-order valence-electron chi connectivity index (χ1n) is 11.0. The van der Waals surface area contributed by atoms with Crippen molar-refractivity contribution in [3.8, 4) is 22.6 Å². The first kappa shape index (κ1) is 20.8. The lowest BCUT2D eigenvalue weighted by Crippen LogP contribution is -2.29. The highest BCUT2D eigenvalue weighted by atomic mass is 15.3. The molecule has 0 saturated carbocycles. The number of benzene rings is 1. The van der Waals surface area contributed by atoms with Crippen molar-refractivity contribution in [3.05, 3.63) is 84.7 Å². The van der Waals surface area contributed by atoms with Gasteiger partial charge >= 0.3 is 0 Å². The number of likely N-dealkylation sites (N-methyl/N-ethyl adjacent to an activating group) is 1. The number of para-hydroxylation sites is 1. The van der Waals surface area contributed by atoms with Gasteiger partial charge in [0.15, 0.2) is 5.65 Å². The zero-order chi connectivity index (χ0) is 22.6. The highest BCUT2D eigenvalue weighted by Crippen LogP contribution is 2.29. The molecule has 2 N–H and O–H groups in total. The first-order chi connectivity index (χ1) is 16.2. The second-order valence-electron chi connectivity index (χ2n) is 7.99. The Morgan fingerprint density at radius 1 is 1.00 bits per heavy atom. The average molecular weight is 439 g/mol.